The van der Waals surface area contributed by atoms with Gasteiger partial charge in [-0.15, -0.1) is 5.10 Å². The van der Waals surface area contributed by atoms with Crippen LogP contribution in [-0.2, 0) is 11.3 Å². The second-order valence-corrected chi connectivity index (χ2v) is 4.66. The number of fused-ring (bicyclic) bond motifs is 2. The summed E-state index contributed by atoms with van der Waals surface area (Å²) in [7, 11) is 0. The summed E-state index contributed by atoms with van der Waals surface area (Å²) in [5, 5.41) is 6.09. The van der Waals surface area contributed by atoms with Gasteiger partial charge in [0.05, 0.1) is 17.9 Å². The molecular weight excluding hydrogens is 198 g/mol. The van der Waals surface area contributed by atoms with Crippen LogP contribution in [0.25, 0.3) is 0 Å². The predicted octanol–water partition coefficient (Wildman–Crippen LogP) is 0.901. The number of hydrogen-bond acceptors (Lipinski definition) is 5. The molecule has 2 aliphatic rings. The number of aromatic nitrogens is 2. The van der Waals surface area contributed by atoms with Gasteiger partial charge < -0.3 is 4.74 Å². The third-order valence-corrected chi connectivity index (χ3v) is 3.46. The van der Waals surface area contributed by atoms with Crippen LogP contribution in [0.5, 0.6) is 0 Å². The fourth-order valence-corrected chi connectivity index (χ4v) is 2.75. The summed E-state index contributed by atoms with van der Waals surface area (Å²) < 4.78 is 9.65. The molecule has 0 aromatic carbocycles. The summed E-state index contributed by atoms with van der Waals surface area (Å²) in [6.45, 7) is 3.06. The summed E-state index contributed by atoms with van der Waals surface area (Å²) in [4.78, 5) is 2.43. The maximum atomic E-state index is 5.77. The van der Waals surface area contributed by atoms with E-state index >= 15 is 0 Å². The summed E-state index contributed by atoms with van der Waals surface area (Å²) in [6.07, 6.45) is 3.41. The second-order valence-electron chi connectivity index (χ2n) is 4.05. The fraction of sp³-hybridized carbons (Fsp3) is 0.778. The summed E-state index contributed by atoms with van der Waals surface area (Å²) in [5.74, 6) is 0. The Morgan fingerprint density at radius 2 is 2.21 bits per heavy atom. The predicted molar refractivity (Wildman–Crippen MR) is 53.1 cm³/mol. The number of morpholine rings is 1. The molecule has 5 heteroatoms. The third kappa shape index (κ3) is 1.67. The highest BCUT2D eigenvalue weighted by atomic mass is 32.1. The molecule has 0 saturated carbocycles. The Labute approximate surface area is 87.0 Å². The first kappa shape index (κ1) is 8.76. The Morgan fingerprint density at radius 1 is 1.43 bits per heavy atom. The third-order valence-electron chi connectivity index (χ3n) is 2.91. The lowest BCUT2D eigenvalue weighted by atomic mass is 10.2. The maximum Gasteiger partial charge on any atom is 0.0895 e. The van der Waals surface area contributed by atoms with E-state index in [2.05, 4.69) is 14.5 Å². The molecule has 3 heterocycles. The molecule has 0 aliphatic carbocycles. The molecule has 2 saturated heterocycles. The number of nitrogens with zero attached hydrogens (tertiary/aromatic N) is 3. The zero-order valence-electron chi connectivity index (χ0n) is 7.93. The van der Waals surface area contributed by atoms with Gasteiger partial charge in [0.15, 0.2) is 0 Å². The minimum Gasteiger partial charge on any atom is -0.372 e. The Hall–Kier alpha value is -0.520. The maximum absolute atomic E-state index is 5.77. The molecule has 1 aromatic rings. The van der Waals surface area contributed by atoms with E-state index < -0.39 is 0 Å². The van der Waals surface area contributed by atoms with Crippen molar-refractivity contribution in [2.75, 3.05) is 13.1 Å². The number of rotatable bonds is 2. The van der Waals surface area contributed by atoms with Crippen LogP contribution in [0.1, 0.15) is 18.5 Å². The molecular formula is C9H13N3OS. The standard InChI is InChI=1S/C9H13N3OS/c1-2-9-5-12(4-8(1)13-9)3-7-6-14-11-10-7/h6,8-9H,1-5H2. The van der Waals surface area contributed by atoms with Gasteiger partial charge in [-0.25, -0.2) is 0 Å². The number of likely N-dealkylation sites (tertiary alicyclic amines) is 1. The van der Waals surface area contributed by atoms with Crippen LogP contribution < -0.4 is 0 Å². The van der Waals surface area contributed by atoms with Crippen LogP contribution >= 0.6 is 11.5 Å². The van der Waals surface area contributed by atoms with Gasteiger partial charge >= 0.3 is 0 Å². The monoisotopic (exact) mass is 211 g/mol. The van der Waals surface area contributed by atoms with E-state index in [-0.39, 0.29) is 0 Å². The summed E-state index contributed by atoms with van der Waals surface area (Å²) in [5.41, 5.74) is 1.09. The van der Waals surface area contributed by atoms with Crippen molar-refractivity contribution in [2.24, 2.45) is 0 Å². The first-order valence-corrected chi connectivity index (χ1v) is 5.87. The van der Waals surface area contributed by atoms with E-state index in [0.29, 0.717) is 12.2 Å². The van der Waals surface area contributed by atoms with Crippen molar-refractivity contribution in [3.05, 3.63) is 11.1 Å². The highest BCUT2D eigenvalue weighted by Gasteiger charge is 2.33. The van der Waals surface area contributed by atoms with Crippen LogP contribution in [0.15, 0.2) is 5.38 Å². The number of hydrogen-bond donors (Lipinski definition) is 0. The van der Waals surface area contributed by atoms with E-state index in [1.165, 1.54) is 24.4 Å². The molecule has 0 spiro atoms. The average Bonchev–Trinajstić information content (AvgIpc) is 2.77. The zero-order chi connectivity index (χ0) is 9.38. The Morgan fingerprint density at radius 3 is 2.86 bits per heavy atom. The van der Waals surface area contributed by atoms with Crippen molar-refractivity contribution in [2.45, 2.75) is 31.6 Å². The molecule has 2 bridgehead atoms. The largest absolute Gasteiger partial charge is 0.372 e. The van der Waals surface area contributed by atoms with E-state index in [0.717, 1.165) is 25.3 Å². The fourth-order valence-electron chi connectivity index (χ4n) is 2.31. The van der Waals surface area contributed by atoms with Crippen LogP contribution in [0.2, 0.25) is 0 Å². The Kier molecular flexibility index (Phi) is 2.23. The van der Waals surface area contributed by atoms with E-state index in [9.17, 15) is 0 Å². The van der Waals surface area contributed by atoms with Crippen LogP contribution in [0, 0.1) is 0 Å². The molecule has 2 unspecified atom stereocenters. The Bertz CT molecular complexity index is 291. The molecule has 0 N–H and O–H groups in total. The average molecular weight is 211 g/mol. The smallest absolute Gasteiger partial charge is 0.0895 e. The SMILES string of the molecule is c1snnc1CN1CC2CCC(C1)O2. The van der Waals surface area contributed by atoms with Gasteiger partial charge in [-0.3, -0.25) is 4.90 Å². The molecule has 2 aliphatic heterocycles. The highest BCUT2D eigenvalue weighted by Crippen LogP contribution is 2.26. The van der Waals surface area contributed by atoms with Gasteiger partial charge in [-0.05, 0) is 24.4 Å². The molecule has 3 rings (SSSR count). The lowest BCUT2D eigenvalue weighted by Crippen LogP contribution is -2.42. The normalized spacial score (nSPS) is 32.3. The zero-order valence-corrected chi connectivity index (χ0v) is 8.74. The Balaban J connectivity index is 1.64. The molecule has 2 fully saturated rings. The van der Waals surface area contributed by atoms with Crippen LogP contribution in [-0.4, -0.2) is 39.8 Å². The first-order valence-electron chi connectivity index (χ1n) is 5.04. The minimum atomic E-state index is 0.473. The summed E-state index contributed by atoms with van der Waals surface area (Å²) in [6, 6.07) is 0. The summed E-state index contributed by atoms with van der Waals surface area (Å²) >= 11 is 1.43. The van der Waals surface area contributed by atoms with Crippen molar-refractivity contribution in [3.63, 3.8) is 0 Å². The number of ether oxygens (including phenoxy) is 1. The quantitative estimate of drug-likeness (QED) is 0.728. The van der Waals surface area contributed by atoms with Crippen molar-refractivity contribution < 1.29 is 4.74 Å². The highest BCUT2D eigenvalue weighted by molar-refractivity contribution is 7.03. The molecule has 2 atom stereocenters. The van der Waals surface area contributed by atoms with Crippen molar-refractivity contribution in [3.8, 4) is 0 Å². The van der Waals surface area contributed by atoms with E-state index in [1.54, 1.807) is 0 Å². The van der Waals surface area contributed by atoms with Gasteiger partial charge in [0.2, 0.25) is 0 Å². The van der Waals surface area contributed by atoms with Crippen molar-refractivity contribution in [1.82, 2.24) is 14.5 Å². The van der Waals surface area contributed by atoms with Gasteiger partial charge in [-0.1, -0.05) is 4.49 Å². The lowest BCUT2D eigenvalue weighted by Gasteiger charge is -2.31. The lowest BCUT2D eigenvalue weighted by molar-refractivity contribution is -0.0413. The van der Waals surface area contributed by atoms with Gasteiger partial charge in [0.1, 0.15) is 0 Å². The van der Waals surface area contributed by atoms with Crippen molar-refractivity contribution >= 4 is 11.5 Å². The van der Waals surface area contributed by atoms with Gasteiger partial charge in [-0.2, -0.15) is 0 Å². The second kappa shape index (κ2) is 3.56. The molecule has 1 aromatic heterocycles. The molecule has 4 nitrogen and oxygen atoms in total. The van der Waals surface area contributed by atoms with Crippen molar-refractivity contribution in [1.29, 1.82) is 0 Å². The van der Waals surface area contributed by atoms with E-state index in [1.807, 2.05) is 5.38 Å². The minimum absolute atomic E-state index is 0.473. The first-order chi connectivity index (χ1) is 6.90. The molecule has 0 radical (unpaired) electrons. The van der Waals surface area contributed by atoms with Gasteiger partial charge in [0, 0.05) is 25.0 Å². The topological polar surface area (TPSA) is 38.2 Å². The van der Waals surface area contributed by atoms with E-state index in [4.69, 9.17) is 4.74 Å². The molecule has 0 amide bonds. The van der Waals surface area contributed by atoms with Crippen LogP contribution in [0.3, 0.4) is 0 Å². The molecule has 76 valence electrons. The molecule has 14 heavy (non-hydrogen) atoms. The van der Waals surface area contributed by atoms with Gasteiger partial charge in [0.25, 0.3) is 0 Å². The van der Waals surface area contributed by atoms with Crippen LogP contribution in [0.4, 0.5) is 0 Å².